The van der Waals surface area contributed by atoms with Crippen molar-refractivity contribution >= 4 is 17.1 Å². The molecule has 4 heteroatoms. The fraction of sp³-hybridized carbons (Fsp3) is 0.143. The Kier molecular flexibility index (Phi) is 3.53. The maximum absolute atomic E-state index is 13.2. The smallest absolute Gasteiger partial charge is 0.234 e. The molecule has 25 heavy (non-hydrogen) atoms. The van der Waals surface area contributed by atoms with Gasteiger partial charge in [0.25, 0.3) is 0 Å². The minimum absolute atomic E-state index is 0.615. The van der Waals surface area contributed by atoms with Gasteiger partial charge in [0.05, 0.1) is 11.1 Å². The van der Waals surface area contributed by atoms with Crippen molar-refractivity contribution < 1.29 is 4.74 Å². The molecule has 0 fully saturated rings. The Labute approximate surface area is 147 Å². The zero-order valence-corrected chi connectivity index (χ0v) is 14.5. The van der Waals surface area contributed by atoms with Crippen LogP contribution in [0.1, 0.15) is 16.8 Å². The van der Waals surface area contributed by atoms with Gasteiger partial charge < -0.3 is 10.1 Å². The number of anilines is 1. The second-order valence-electron chi connectivity index (χ2n) is 6.47. The van der Waals surface area contributed by atoms with Gasteiger partial charge in [-0.25, -0.2) is 0 Å². The topological polar surface area (TPSA) is 42.2 Å². The molecule has 1 heterocycles. The van der Waals surface area contributed by atoms with Crippen LogP contribution in [0.5, 0.6) is 0 Å². The van der Waals surface area contributed by atoms with Crippen LogP contribution in [0.4, 0.5) is 11.4 Å². The highest BCUT2D eigenvalue weighted by molar-refractivity contribution is 6.22. The van der Waals surface area contributed by atoms with E-state index >= 15 is 0 Å². The third kappa shape index (κ3) is 2.47. The molecule has 4 rings (SSSR count). The lowest BCUT2D eigenvalue weighted by molar-refractivity contribution is -0.359. The summed E-state index contributed by atoms with van der Waals surface area (Å²) in [4.78, 5) is 6.42. The van der Waals surface area contributed by atoms with E-state index in [1.165, 1.54) is 0 Å². The van der Waals surface area contributed by atoms with E-state index in [4.69, 9.17) is 0 Å². The molecule has 124 valence electrons. The minimum atomic E-state index is 0.615. The molecule has 0 bridgehead atoms. The van der Waals surface area contributed by atoms with Crippen LogP contribution in [0.15, 0.2) is 60.8 Å². The van der Waals surface area contributed by atoms with Crippen LogP contribution in [0.3, 0.4) is 0 Å². The van der Waals surface area contributed by atoms with Crippen molar-refractivity contribution in [3.05, 3.63) is 82.8 Å². The molecule has 2 aromatic carbocycles. The first-order chi connectivity index (χ1) is 12.1. The number of pyridine rings is 1. The molecule has 0 radical (unpaired) electrons. The highest BCUT2D eigenvalue weighted by Gasteiger charge is 2.31. The average Bonchev–Trinajstić information content (AvgIpc) is 2.95. The first kappa shape index (κ1) is 15.4. The summed E-state index contributed by atoms with van der Waals surface area (Å²) in [6.45, 7) is 1.97. The lowest BCUT2D eigenvalue weighted by Crippen LogP contribution is -2.13. The number of aromatic nitrogens is 1. The van der Waals surface area contributed by atoms with Gasteiger partial charge in [0, 0.05) is 43.8 Å². The van der Waals surface area contributed by atoms with E-state index in [2.05, 4.69) is 11.1 Å². The van der Waals surface area contributed by atoms with Crippen molar-refractivity contribution in [3.63, 3.8) is 0 Å². The summed E-state index contributed by atoms with van der Waals surface area (Å²) in [5.74, 6) is 0. The summed E-state index contributed by atoms with van der Waals surface area (Å²) in [6, 6.07) is 17.7. The standard InChI is InChI=1S/C21H19N3O/c1-14-12-19-17-6-4-5-7-18(17)21(20(19)13-22-14)24(25)16-10-8-15(9-11-16)23(2)3/h4-13H,1-3H3. The second kappa shape index (κ2) is 5.74. The minimum Gasteiger partial charge on any atom is -0.618 e. The van der Waals surface area contributed by atoms with Gasteiger partial charge in [0.2, 0.25) is 11.4 Å². The molecule has 3 aromatic rings. The zero-order chi connectivity index (χ0) is 17.6. The Hall–Kier alpha value is -3.14. The fourth-order valence-electron chi connectivity index (χ4n) is 3.27. The number of aryl methyl sites for hydroxylation is 1. The highest BCUT2D eigenvalue weighted by atomic mass is 16.5. The fourth-order valence-corrected chi connectivity index (χ4v) is 3.27. The van der Waals surface area contributed by atoms with Gasteiger partial charge in [-0.2, -0.15) is 4.74 Å². The van der Waals surface area contributed by atoms with Gasteiger partial charge in [-0.15, -0.1) is 0 Å². The Morgan fingerprint density at radius 3 is 2.24 bits per heavy atom. The van der Waals surface area contributed by atoms with Crippen LogP contribution in [0.2, 0.25) is 0 Å². The van der Waals surface area contributed by atoms with Crippen molar-refractivity contribution in [2.24, 2.45) is 0 Å². The van der Waals surface area contributed by atoms with Gasteiger partial charge in [0.15, 0.2) is 0 Å². The van der Waals surface area contributed by atoms with E-state index in [9.17, 15) is 5.21 Å². The number of rotatable bonds is 2. The Morgan fingerprint density at radius 1 is 0.880 bits per heavy atom. The van der Waals surface area contributed by atoms with Crippen molar-refractivity contribution in [1.82, 2.24) is 4.98 Å². The van der Waals surface area contributed by atoms with E-state index in [1.807, 2.05) is 74.4 Å². The van der Waals surface area contributed by atoms with Crippen LogP contribution in [-0.4, -0.2) is 29.5 Å². The molecule has 0 N–H and O–H groups in total. The SMILES string of the molecule is Cc1cc2c(cn1)C(=[N+]([O-])c1ccc(N(C)C)cc1)c1ccccc1-2. The molecular formula is C21H19N3O. The zero-order valence-electron chi connectivity index (χ0n) is 14.5. The molecule has 1 aliphatic carbocycles. The maximum atomic E-state index is 13.2. The van der Waals surface area contributed by atoms with Crippen molar-refractivity contribution in [2.75, 3.05) is 19.0 Å². The maximum Gasteiger partial charge on any atom is 0.234 e. The van der Waals surface area contributed by atoms with E-state index < -0.39 is 0 Å². The van der Waals surface area contributed by atoms with E-state index in [0.29, 0.717) is 11.4 Å². The molecule has 0 spiro atoms. The number of fused-ring (bicyclic) bond motifs is 3. The van der Waals surface area contributed by atoms with Gasteiger partial charge in [0.1, 0.15) is 0 Å². The van der Waals surface area contributed by atoms with E-state index in [1.54, 1.807) is 6.20 Å². The summed E-state index contributed by atoms with van der Waals surface area (Å²) in [6.07, 6.45) is 1.80. The monoisotopic (exact) mass is 329 g/mol. The van der Waals surface area contributed by atoms with Crippen LogP contribution in [0.25, 0.3) is 11.1 Å². The van der Waals surface area contributed by atoms with Gasteiger partial charge in [-0.3, -0.25) is 4.98 Å². The summed E-state index contributed by atoms with van der Waals surface area (Å²) >= 11 is 0. The van der Waals surface area contributed by atoms with Crippen LogP contribution in [0, 0.1) is 12.1 Å². The number of hydrogen-bond donors (Lipinski definition) is 0. The molecule has 0 saturated carbocycles. The molecule has 0 unspecified atom stereocenters. The highest BCUT2D eigenvalue weighted by Crippen LogP contribution is 2.37. The first-order valence-electron chi connectivity index (χ1n) is 8.24. The number of benzene rings is 2. The Morgan fingerprint density at radius 2 is 1.56 bits per heavy atom. The molecule has 0 amide bonds. The molecule has 1 aliphatic rings. The quantitative estimate of drug-likeness (QED) is 0.316. The normalized spacial score (nSPS) is 14.0. The summed E-state index contributed by atoms with van der Waals surface area (Å²) in [5, 5.41) is 13.2. The lowest BCUT2D eigenvalue weighted by atomic mass is 10.1. The van der Waals surface area contributed by atoms with Crippen LogP contribution in [-0.2, 0) is 0 Å². The van der Waals surface area contributed by atoms with Crippen molar-refractivity contribution in [3.8, 4) is 11.1 Å². The second-order valence-corrected chi connectivity index (χ2v) is 6.47. The molecule has 4 nitrogen and oxygen atoms in total. The van der Waals surface area contributed by atoms with Crippen molar-refractivity contribution in [2.45, 2.75) is 6.92 Å². The molecule has 1 aromatic heterocycles. The van der Waals surface area contributed by atoms with Crippen LogP contribution < -0.4 is 4.90 Å². The molecule has 0 saturated heterocycles. The predicted molar refractivity (Wildman–Crippen MR) is 102 cm³/mol. The predicted octanol–water partition coefficient (Wildman–Crippen LogP) is 4.12. The third-order valence-electron chi connectivity index (χ3n) is 4.57. The Bertz CT molecular complexity index is 988. The summed E-state index contributed by atoms with van der Waals surface area (Å²) < 4.78 is 1.02. The first-order valence-corrected chi connectivity index (χ1v) is 8.24. The molecule has 0 atom stereocenters. The lowest BCUT2D eigenvalue weighted by Gasteiger charge is -2.13. The van der Waals surface area contributed by atoms with Gasteiger partial charge >= 0.3 is 0 Å². The average molecular weight is 329 g/mol. The van der Waals surface area contributed by atoms with Gasteiger partial charge in [-0.05, 0) is 42.3 Å². The van der Waals surface area contributed by atoms with Crippen LogP contribution >= 0.6 is 0 Å². The Balaban J connectivity index is 1.93. The van der Waals surface area contributed by atoms with E-state index in [0.717, 1.165) is 38.4 Å². The van der Waals surface area contributed by atoms with E-state index in [-0.39, 0.29) is 0 Å². The largest absolute Gasteiger partial charge is 0.618 e. The number of nitrogens with zero attached hydrogens (tertiary/aromatic N) is 3. The number of hydrogen-bond acceptors (Lipinski definition) is 3. The molecule has 0 aliphatic heterocycles. The third-order valence-corrected chi connectivity index (χ3v) is 4.57. The van der Waals surface area contributed by atoms with Gasteiger partial charge in [-0.1, -0.05) is 18.2 Å². The molecular weight excluding hydrogens is 310 g/mol. The summed E-state index contributed by atoms with van der Waals surface area (Å²) in [5.41, 5.74) is 7.29. The van der Waals surface area contributed by atoms with Crippen molar-refractivity contribution in [1.29, 1.82) is 0 Å². The summed E-state index contributed by atoms with van der Waals surface area (Å²) in [7, 11) is 3.96.